The van der Waals surface area contributed by atoms with E-state index < -0.39 is 0 Å². The topological polar surface area (TPSA) is 38.9 Å². The summed E-state index contributed by atoms with van der Waals surface area (Å²) in [5.74, 6) is 0. The summed E-state index contributed by atoms with van der Waals surface area (Å²) in [5.41, 5.74) is 10.7. The average Bonchev–Trinajstić information content (AvgIpc) is 2.39. The highest BCUT2D eigenvalue weighted by molar-refractivity contribution is 5.30. The third kappa shape index (κ3) is 2.96. The van der Waals surface area contributed by atoms with Crippen molar-refractivity contribution >= 4 is 0 Å². The third-order valence-corrected chi connectivity index (χ3v) is 3.11. The number of hydrogen-bond acceptors (Lipinski definition) is 2. The van der Waals surface area contributed by atoms with Crippen molar-refractivity contribution in [2.75, 3.05) is 0 Å². The fourth-order valence-electron chi connectivity index (χ4n) is 2.09. The second kappa shape index (κ2) is 5.78. The van der Waals surface area contributed by atoms with Gasteiger partial charge < -0.3 is 5.73 Å². The van der Waals surface area contributed by atoms with E-state index in [-0.39, 0.29) is 6.04 Å². The van der Waals surface area contributed by atoms with Crippen LogP contribution in [-0.2, 0) is 6.42 Å². The van der Waals surface area contributed by atoms with E-state index in [2.05, 4.69) is 36.2 Å². The van der Waals surface area contributed by atoms with E-state index in [1.54, 1.807) is 0 Å². The Morgan fingerprint density at radius 1 is 1.11 bits per heavy atom. The summed E-state index contributed by atoms with van der Waals surface area (Å²) in [6.45, 7) is 4.18. The van der Waals surface area contributed by atoms with Crippen LogP contribution in [0, 0.1) is 6.92 Å². The van der Waals surface area contributed by atoms with Gasteiger partial charge in [0.15, 0.2) is 0 Å². The third-order valence-electron chi connectivity index (χ3n) is 3.11. The monoisotopic (exact) mass is 240 g/mol. The van der Waals surface area contributed by atoms with E-state index in [9.17, 15) is 0 Å². The number of aromatic nitrogens is 1. The number of nitrogens with two attached hydrogens (primary N) is 1. The molecule has 0 aliphatic rings. The Hall–Kier alpha value is -1.67. The van der Waals surface area contributed by atoms with Crippen LogP contribution in [0.5, 0.6) is 0 Å². The normalized spacial score (nSPS) is 12.4. The average molecular weight is 240 g/mol. The van der Waals surface area contributed by atoms with Gasteiger partial charge in [-0.25, -0.2) is 0 Å². The van der Waals surface area contributed by atoms with Crippen molar-refractivity contribution in [3.63, 3.8) is 0 Å². The Kier molecular flexibility index (Phi) is 4.11. The number of pyridine rings is 1. The maximum Gasteiger partial charge on any atom is 0.0726 e. The van der Waals surface area contributed by atoms with E-state index in [0.29, 0.717) is 0 Å². The van der Waals surface area contributed by atoms with E-state index in [0.717, 1.165) is 23.4 Å². The molecular weight excluding hydrogens is 220 g/mol. The Balaban J connectivity index is 2.20. The largest absolute Gasteiger partial charge is 0.319 e. The molecule has 0 radical (unpaired) electrons. The van der Waals surface area contributed by atoms with Gasteiger partial charge in [0, 0.05) is 5.69 Å². The van der Waals surface area contributed by atoms with Gasteiger partial charge in [-0.15, -0.1) is 0 Å². The molecule has 0 amide bonds. The molecule has 0 spiro atoms. The maximum absolute atomic E-state index is 6.25. The first-order valence-corrected chi connectivity index (χ1v) is 6.48. The number of hydrogen-bond donors (Lipinski definition) is 1. The van der Waals surface area contributed by atoms with Crippen molar-refractivity contribution in [3.8, 4) is 0 Å². The molecule has 0 fully saturated rings. The molecule has 1 aromatic carbocycles. The van der Waals surface area contributed by atoms with Crippen molar-refractivity contribution in [2.45, 2.75) is 32.7 Å². The van der Waals surface area contributed by atoms with Crippen molar-refractivity contribution in [1.82, 2.24) is 4.98 Å². The molecule has 1 heterocycles. The molecule has 0 bridgehead atoms. The minimum Gasteiger partial charge on any atom is -0.319 e. The van der Waals surface area contributed by atoms with Crippen LogP contribution in [0.3, 0.4) is 0 Å². The van der Waals surface area contributed by atoms with Crippen LogP contribution >= 0.6 is 0 Å². The van der Waals surface area contributed by atoms with Gasteiger partial charge in [0.05, 0.1) is 11.7 Å². The first-order chi connectivity index (χ1) is 8.70. The van der Waals surface area contributed by atoms with Gasteiger partial charge in [-0.05, 0) is 36.6 Å². The highest BCUT2D eigenvalue weighted by atomic mass is 14.8. The summed E-state index contributed by atoms with van der Waals surface area (Å²) in [4.78, 5) is 4.48. The Morgan fingerprint density at radius 2 is 1.83 bits per heavy atom. The van der Waals surface area contributed by atoms with Gasteiger partial charge in [-0.1, -0.05) is 43.7 Å². The molecule has 2 nitrogen and oxygen atoms in total. The van der Waals surface area contributed by atoms with Crippen LogP contribution in [0.1, 0.15) is 41.9 Å². The Labute approximate surface area is 109 Å². The molecule has 18 heavy (non-hydrogen) atoms. The number of rotatable bonds is 4. The van der Waals surface area contributed by atoms with Crippen LogP contribution in [0.15, 0.2) is 42.5 Å². The second-order valence-electron chi connectivity index (χ2n) is 4.67. The lowest BCUT2D eigenvalue weighted by atomic mass is 10.0. The second-order valence-corrected chi connectivity index (χ2v) is 4.67. The fraction of sp³-hybridized carbons (Fsp3) is 0.312. The van der Waals surface area contributed by atoms with E-state index >= 15 is 0 Å². The number of benzene rings is 1. The summed E-state index contributed by atoms with van der Waals surface area (Å²) < 4.78 is 0. The van der Waals surface area contributed by atoms with Crippen LogP contribution in [0.2, 0.25) is 0 Å². The minimum absolute atomic E-state index is 0.138. The molecule has 2 aromatic rings. The minimum atomic E-state index is -0.138. The van der Waals surface area contributed by atoms with Crippen molar-refractivity contribution in [2.24, 2.45) is 5.73 Å². The smallest absolute Gasteiger partial charge is 0.0726 e. The lowest BCUT2D eigenvalue weighted by Gasteiger charge is -2.12. The summed E-state index contributed by atoms with van der Waals surface area (Å²) in [5, 5.41) is 0. The summed E-state index contributed by atoms with van der Waals surface area (Å²) in [6, 6.07) is 14.4. The van der Waals surface area contributed by atoms with Crippen LogP contribution < -0.4 is 5.73 Å². The first-order valence-electron chi connectivity index (χ1n) is 6.48. The van der Waals surface area contributed by atoms with Crippen molar-refractivity contribution in [3.05, 3.63) is 65.0 Å². The van der Waals surface area contributed by atoms with Crippen LogP contribution in [-0.4, -0.2) is 4.98 Å². The summed E-state index contributed by atoms with van der Waals surface area (Å²) >= 11 is 0. The van der Waals surface area contributed by atoms with Gasteiger partial charge in [0.1, 0.15) is 0 Å². The SMILES string of the molecule is CCCc1ccc(C(N)c2cccc(C)n2)cc1. The summed E-state index contributed by atoms with van der Waals surface area (Å²) in [7, 11) is 0. The van der Waals surface area contributed by atoms with Gasteiger partial charge in [0.25, 0.3) is 0 Å². The van der Waals surface area contributed by atoms with Crippen LogP contribution in [0.4, 0.5) is 0 Å². The first kappa shape index (κ1) is 12.8. The van der Waals surface area contributed by atoms with Crippen molar-refractivity contribution in [1.29, 1.82) is 0 Å². The Bertz CT molecular complexity index is 503. The molecule has 2 heteroatoms. The highest BCUT2D eigenvalue weighted by Crippen LogP contribution is 2.19. The fourth-order valence-corrected chi connectivity index (χ4v) is 2.09. The molecule has 0 aliphatic heterocycles. The van der Waals surface area contributed by atoms with E-state index in [1.807, 2.05) is 25.1 Å². The van der Waals surface area contributed by atoms with E-state index in [1.165, 1.54) is 12.0 Å². The molecule has 1 unspecified atom stereocenters. The standard InChI is InChI=1S/C16H20N2/c1-3-5-13-8-10-14(11-9-13)16(17)15-7-4-6-12(2)18-15/h4,6-11,16H,3,5,17H2,1-2H3. The quantitative estimate of drug-likeness (QED) is 0.889. The van der Waals surface area contributed by atoms with Gasteiger partial charge in [0.2, 0.25) is 0 Å². The predicted octanol–water partition coefficient (Wildman–Crippen LogP) is 3.39. The van der Waals surface area contributed by atoms with E-state index in [4.69, 9.17) is 5.73 Å². The predicted molar refractivity (Wildman–Crippen MR) is 75.4 cm³/mol. The van der Waals surface area contributed by atoms with Gasteiger partial charge in [-0.2, -0.15) is 0 Å². The molecule has 2 rings (SSSR count). The lowest BCUT2D eigenvalue weighted by molar-refractivity contribution is 0.819. The van der Waals surface area contributed by atoms with Gasteiger partial charge in [-0.3, -0.25) is 4.98 Å². The Morgan fingerprint density at radius 3 is 2.44 bits per heavy atom. The summed E-state index contributed by atoms with van der Waals surface area (Å²) in [6.07, 6.45) is 2.29. The lowest BCUT2D eigenvalue weighted by Crippen LogP contribution is -2.13. The molecule has 0 saturated heterocycles. The molecule has 94 valence electrons. The highest BCUT2D eigenvalue weighted by Gasteiger charge is 2.09. The molecule has 1 atom stereocenters. The zero-order valence-corrected chi connectivity index (χ0v) is 11.1. The zero-order chi connectivity index (χ0) is 13.0. The number of nitrogens with zero attached hydrogens (tertiary/aromatic N) is 1. The molecule has 2 N–H and O–H groups in total. The van der Waals surface area contributed by atoms with Crippen LogP contribution in [0.25, 0.3) is 0 Å². The molecule has 0 saturated carbocycles. The molecular formula is C16H20N2. The zero-order valence-electron chi connectivity index (χ0n) is 11.1. The molecule has 1 aromatic heterocycles. The van der Waals surface area contributed by atoms with Crippen molar-refractivity contribution < 1.29 is 0 Å². The number of aryl methyl sites for hydroxylation is 2. The molecule has 0 aliphatic carbocycles. The van der Waals surface area contributed by atoms with Gasteiger partial charge >= 0.3 is 0 Å². The maximum atomic E-state index is 6.25.